The number of amides is 1. The lowest BCUT2D eigenvalue weighted by Gasteiger charge is -2.25. The highest BCUT2D eigenvalue weighted by Crippen LogP contribution is 2.31. The minimum absolute atomic E-state index is 0.151. The molecule has 1 N–H and O–H groups in total. The van der Waals surface area contributed by atoms with E-state index in [4.69, 9.17) is 14.2 Å². The molecule has 0 radical (unpaired) electrons. The van der Waals surface area contributed by atoms with Gasteiger partial charge < -0.3 is 19.5 Å². The van der Waals surface area contributed by atoms with Crippen molar-refractivity contribution in [1.82, 2.24) is 10.2 Å². The highest BCUT2D eigenvalue weighted by Gasteiger charge is 2.27. The summed E-state index contributed by atoms with van der Waals surface area (Å²) in [6, 6.07) is 17.7. The van der Waals surface area contributed by atoms with Crippen molar-refractivity contribution in [3.05, 3.63) is 66.9 Å². The van der Waals surface area contributed by atoms with Gasteiger partial charge in [-0.15, -0.1) is 5.10 Å². The van der Waals surface area contributed by atoms with Crippen LogP contribution in [0.4, 0.5) is 5.69 Å². The number of fused-ring (bicyclic) bond motifs is 1. The summed E-state index contributed by atoms with van der Waals surface area (Å²) in [5, 5.41) is 10.4. The topological polar surface area (TPSA) is 82.6 Å². The van der Waals surface area contributed by atoms with Gasteiger partial charge in [-0.05, 0) is 30.3 Å². The summed E-state index contributed by atoms with van der Waals surface area (Å²) >= 11 is 0. The number of nitrogens with one attached hydrogen (secondary N) is 1. The third kappa shape index (κ3) is 3.56. The molecule has 130 valence electrons. The largest absolute Gasteiger partial charge is 0.485 e. The zero-order valence-corrected chi connectivity index (χ0v) is 13.7. The van der Waals surface area contributed by atoms with Gasteiger partial charge in [0.25, 0.3) is 5.91 Å². The van der Waals surface area contributed by atoms with Crippen molar-refractivity contribution in [3.8, 4) is 23.1 Å². The molecule has 1 aromatic heterocycles. The number of ether oxygens (including phenoxy) is 3. The number of rotatable bonds is 4. The second-order valence-electron chi connectivity index (χ2n) is 5.55. The lowest BCUT2D eigenvalue weighted by atomic mass is 10.2. The van der Waals surface area contributed by atoms with Crippen molar-refractivity contribution in [2.45, 2.75) is 6.10 Å². The molecule has 0 bridgehead atoms. The summed E-state index contributed by atoms with van der Waals surface area (Å²) in [5.74, 6) is 1.80. The van der Waals surface area contributed by atoms with Gasteiger partial charge in [-0.1, -0.05) is 18.2 Å². The van der Waals surface area contributed by atoms with Gasteiger partial charge in [-0.25, -0.2) is 0 Å². The van der Waals surface area contributed by atoms with E-state index in [1.165, 1.54) is 0 Å². The Kier molecular flexibility index (Phi) is 4.34. The van der Waals surface area contributed by atoms with E-state index in [0.29, 0.717) is 28.8 Å². The van der Waals surface area contributed by atoms with Crippen LogP contribution < -0.4 is 19.5 Å². The molecule has 26 heavy (non-hydrogen) atoms. The summed E-state index contributed by atoms with van der Waals surface area (Å²) < 4.78 is 16.9. The number of anilines is 1. The summed E-state index contributed by atoms with van der Waals surface area (Å²) in [4.78, 5) is 12.5. The summed E-state index contributed by atoms with van der Waals surface area (Å²) in [6.45, 7) is 0.151. The van der Waals surface area contributed by atoms with Crippen LogP contribution in [0.1, 0.15) is 0 Å². The Morgan fingerprint density at radius 1 is 1.08 bits per heavy atom. The second kappa shape index (κ2) is 7.10. The SMILES string of the molecule is O=C(Nc1cccc(Oc2cccnn2)c1)C1COc2ccccc2O1. The van der Waals surface area contributed by atoms with Crippen LogP contribution in [0.5, 0.6) is 23.1 Å². The van der Waals surface area contributed by atoms with E-state index < -0.39 is 6.10 Å². The molecule has 0 aliphatic carbocycles. The van der Waals surface area contributed by atoms with Gasteiger partial charge in [0.1, 0.15) is 12.4 Å². The number of benzene rings is 2. The predicted octanol–water partition coefficient (Wildman–Crippen LogP) is 3.05. The molecule has 0 saturated carbocycles. The van der Waals surface area contributed by atoms with Crippen LogP contribution in [0, 0.1) is 0 Å². The first-order valence-corrected chi connectivity index (χ1v) is 8.03. The number of hydrogen-bond donors (Lipinski definition) is 1. The van der Waals surface area contributed by atoms with E-state index in [1.54, 1.807) is 54.7 Å². The molecule has 1 unspecified atom stereocenters. The monoisotopic (exact) mass is 349 g/mol. The standard InChI is InChI=1S/C19H15N3O4/c23-19(17-12-24-15-7-1-2-8-16(15)26-17)21-13-5-3-6-14(11-13)25-18-9-4-10-20-22-18/h1-11,17H,12H2,(H,21,23). The Morgan fingerprint density at radius 3 is 2.81 bits per heavy atom. The predicted molar refractivity (Wildman–Crippen MR) is 93.5 cm³/mol. The average Bonchev–Trinajstić information content (AvgIpc) is 2.68. The Hall–Kier alpha value is -3.61. The first kappa shape index (κ1) is 15.9. The summed E-state index contributed by atoms with van der Waals surface area (Å²) in [5.41, 5.74) is 0.582. The van der Waals surface area contributed by atoms with Crippen LogP contribution in [0.25, 0.3) is 0 Å². The first-order chi connectivity index (χ1) is 12.8. The molecular formula is C19H15N3O4. The van der Waals surface area contributed by atoms with Crippen LogP contribution in [0.15, 0.2) is 66.9 Å². The fourth-order valence-corrected chi connectivity index (χ4v) is 2.47. The molecule has 7 nitrogen and oxygen atoms in total. The maximum absolute atomic E-state index is 12.5. The minimum Gasteiger partial charge on any atom is -0.485 e. The van der Waals surface area contributed by atoms with E-state index in [2.05, 4.69) is 15.5 Å². The molecule has 2 heterocycles. The Labute approximate surface area is 149 Å². The molecule has 1 aliphatic heterocycles. The maximum atomic E-state index is 12.5. The smallest absolute Gasteiger partial charge is 0.269 e. The number of nitrogens with zero attached hydrogens (tertiary/aromatic N) is 2. The number of para-hydroxylation sites is 2. The summed E-state index contributed by atoms with van der Waals surface area (Å²) in [7, 11) is 0. The van der Waals surface area contributed by atoms with E-state index in [0.717, 1.165) is 0 Å². The highest BCUT2D eigenvalue weighted by molar-refractivity contribution is 5.94. The molecule has 0 fully saturated rings. The quantitative estimate of drug-likeness (QED) is 0.779. The van der Waals surface area contributed by atoms with Crippen LogP contribution in [0.3, 0.4) is 0 Å². The second-order valence-corrected chi connectivity index (χ2v) is 5.55. The van der Waals surface area contributed by atoms with Gasteiger partial charge in [0.2, 0.25) is 12.0 Å². The third-order valence-corrected chi connectivity index (χ3v) is 3.67. The van der Waals surface area contributed by atoms with Gasteiger partial charge in [0, 0.05) is 24.0 Å². The Morgan fingerprint density at radius 2 is 1.96 bits per heavy atom. The highest BCUT2D eigenvalue weighted by atomic mass is 16.6. The number of aromatic nitrogens is 2. The fourth-order valence-electron chi connectivity index (χ4n) is 2.47. The van der Waals surface area contributed by atoms with Crippen molar-refractivity contribution in [1.29, 1.82) is 0 Å². The number of carbonyl (C=O) groups is 1. The van der Waals surface area contributed by atoms with Crippen LogP contribution in [-0.2, 0) is 4.79 Å². The fraction of sp³-hybridized carbons (Fsp3) is 0.105. The number of hydrogen-bond acceptors (Lipinski definition) is 6. The molecule has 2 aromatic carbocycles. The van der Waals surface area contributed by atoms with Crippen molar-refractivity contribution in [2.75, 3.05) is 11.9 Å². The normalized spacial score (nSPS) is 15.2. The van der Waals surface area contributed by atoms with E-state index in [1.807, 2.05) is 12.1 Å². The zero-order valence-electron chi connectivity index (χ0n) is 13.7. The van der Waals surface area contributed by atoms with Crippen molar-refractivity contribution in [3.63, 3.8) is 0 Å². The van der Waals surface area contributed by atoms with Crippen molar-refractivity contribution in [2.24, 2.45) is 0 Å². The Bertz CT molecular complexity index is 917. The maximum Gasteiger partial charge on any atom is 0.269 e. The minimum atomic E-state index is -0.727. The molecular weight excluding hydrogens is 334 g/mol. The molecule has 7 heteroatoms. The lowest BCUT2D eigenvalue weighted by molar-refractivity contribution is -0.125. The van der Waals surface area contributed by atoms with Crippen LogP contribution in [0.2, 0.25) is 0 Å². The third-order valence-electron chi connectivity index (χ3n) is 3.67. The van der Waals surface area contributed by atoms with Crippen LogP contribution in [-0.4, -0.2) is 28.8 Å². The van der Waals surface area contributed by atoms with Gasteiger partial charge in [-0.2, -0.15) is 5.10 Å². The van der Waals surface area contributed by atoms with Gasteiger partial charge in [0.15, 0.2) is 11.5 Å². The molecule has 3 aromatic rings. The molecule has 1 aliphatic rings. The summed E-state index contributed by atoms with van der Waals surface area (Å²) in [6.07, 6.45) is 0.836. The van der Waals surface area contributed by atoms with E-state index in [-0.39, 0.29) is 12.5 Å². The lowest BCUT2D eigenvalue weighted by Crippen LogP contribution is -2.40. The molecule has 4 rings (SSSR count). The Balaban J connectivity index is 1.43. The first-order valence-electron chi connectivity index (χ1n) is 8.03. The van der Waals surface area contributed by atoms with Crippen molar-refractivity contribution >= 4 is 11.6 Å². The van der Waals surface area contributed by atoms with E-state index in [9.17, 15) is 4.79 Å². The van der Waals surface area contributed by atoms with Gasteiger partial charge in [0.05, 0.1) is 0 Å². The van der Waals surface area contributed by atoms with Crippen LogP contribution >= 0.6 is 0 Å². The zero-order chi connectivity index (χ0) is 17.8. The number of carbonyl (C=O) groups excluding carboxylic acids is 1. The van der Waals surface area contributed by atoms with Crippen molar-refractivity contribution < 1.29 is 19.0 Å². The van der Waals surface area contributed by atoms with Gasteiger partial charge >= 0.3 is 0 Å². The molecule has 1 amide bonds. The molecule has 1 atom stereocenters. The van der Waals surface area contributed by atoms with Gasteiger partial charge in [-0.3, -0.25) is 4.79 Å². The molecule has 0 saturated heterocycles. The average molecular weight is 349 g/mol. The van der Waals surface area contributed by atoms with E-state index >= 15 is 0 Å². The molecule has 0 spiro atoms.